The number of aryl methyl sites for hydroxylation is 2. The molecule has 1 aromatic heterocycles. The summed E-state index contributed by atoms with van der Waals surface area (Å²) in [6.45, 7) is 6.12. The van der Waals surface area contributed by atoms with Crippen LogP contribution in [0.2, 0.25) is 0 Å². The molecule has 0 saturated carbocycles. The third kappa shape index (κ3) is 4.29. The maximum absolute atomic E-state index is 4.44. The van der Waals surface area contributed by atoms with Crippen molar-refractivity contribution in [3.63, 3.8) is 0 Å². The fourth-order valence-electron chi connectivity index (χ4n) is 4.25. The van der Waals surface area contributed by atoms with Crippen LogP contribution >= 0.6 is 0 Å². The van der Waals surface area contributed by atoms with Crippen molar-refractivity contribution < 1.29 is 0 Å². The van der Waals surface area contributed by atoms with E-state index in [0.717, 1.165) is 69.5 Å². The minimum absolute atomic E-state index is 0.476. The molecule has 4 rings (SSSR count). The van der Waals surface area contributed by atoms with Gasteiger partial charge < -0.3 is 20.1 Å². The van der Waals surface area contributed by atoms with Crippen LogP contribution in [0.4, 0.5) is 5.69 Å². The molecule has 2 aromatic rings. The van der Waals surface area contributed by atoms with E-state index in [1.165, 1.54) is 5.69 Å². The van der Waals surface area contributed by atoms with Gasteiger partial charge in [0.1, 0.15) is 11.6 Å². The smallest absolute Gasteiger partial charge is 0.191 e. The lowest BCUT2D eigenvalue weighted by atomic mass is 9.99. The molecular weight excluding hydrogens is 350 g/mol. The number of rotatable bonds is 4. The summed E-state index contributed by atoms with van der Waals surface area (Å²) in [6, 6.07) is 11.2. The van der Waals surface area contributed by atoms with Crippen LogP contribution in [0, 0.1) is 12.8 Å². The van der Waals surface area contributed by atoms with E-state index in [-0.39, 0.29) is 0 Å². The quantitative estimate of drug-likeness (QED) is 0.626. The Morgan fingerprint density at radius 3 is 2.68 bits per heavy atom. The van der Waals surface area contributed by atoms with Gasteiger partial charge in [-0.25, -0.2) is 0 Å². The molecule has 1 fully saturated rings. The van der Waals surface area contributed by atoms with Crippen molar-refractivity contribution in [2.45, 2.75) is 45.2 Å². The molecule has 7 heteroatoms. The van der Waals surface area contributed by atoms with Gasteiger partial charge in [-0.2, -0.15) is 0 Å². The number of benzene rings is 1. The molecule has 0 radical (unpaired) electrons. The van der Waals surface area contributed by atoms with Gasteiger partial charge in [-0.05, 0) is 44.2 Å². The number of hydrogen-bond donors (Lipinski definition) is 2. The highest BCUT2D eigenvalue weighted by molar-refractivity contribution is 5.80. The zero-order valence-corrected chi connectivity index (χ0v) is 16.9. The topological polar surface area (TPSA) is 70.4 Å². The van der Waals surface area contributed by atoms with E-state index in [4.69, 9.17) is 0 Å². The molecule has 150 valence electrons. The van der Waals surface area contributed by atoms with Crippen LogP contribution in [-0.4, -0.2) is 53.4 Å². The highest BCUT2D eigenvalue weighted by Gasteiger charge is 2.23. The Morgan fingerprint density at radius 1 is 1.14 bits per heavy atom. The molecule has 0 aliphatic carbocycles. The van der Waals surface area contributed by atoms with E-state index < -0.39 is 0 Å². The summed E-state index contributed by atoms with van der Waals surface area (Å²) in [4.78, 5) is 6.91. The van der Waals surface area contributed by atoms with E-state index in [1.807, 2.05) is 14.0 Å². The molecule has 2 aliphatic rings. The monoisotopic (exact) mass is 381 g/mol. The standard InChI is InChI=1S/C21H31N7/c1-16-25-26-20-9-8-17(15-28(16)20)14-23-21(22-2)24-18-10-12-27(13-11-18)19-6-4-3-5-7-19/h3-7,17-18H,8-15H2,1-2H3,(H2,22,23,24). The summed E-state index contributed by atoms with van der Waals surface area (Å²) in [7, 11) is 1.86. The molecular formula is C21H31N7. The number of guanidine groups is 1. The van der Waals surface area contributed by atoms with E-state index in [0.29, 0.717) is 12.0 Å². The van der Waals surface area contributed by atoms with Crippen LogP contribution in [0.3, 0.4) is 0 Å². The molecule has 2 N–H and O–H groups in total. The van der Waals surface area contributed by atoms with Crippen molar-refractivity contribution in [3.05, 3.63) is 42.0 Å². The van der Waals surface area contributed by atoms with E-state index in [2.05, 4.69) is 65.6 Å². The van der Waals surface area contributed by atoms with Crippen molar-refractivity contribution in [3.8, 4) is 0 Å². The van der Waals surface area contributed by atoms with Crippen molar-refractivity contribution >= 4 is 11.6 Å². The molecule has 0 amide bonds. The van der Waals surface area contributed by atoms with Gasteiger partial charge in [0, 0.05) is 51.4 Å². The number of aliphatic imine (C=N–C) groups is 1. The summed E-state index contributed by atoms with van der Waals surface area (Å²) in [6.07, 6.45) is 4.42. The number of hydrogen-bond acceptors (Lipinski definition) is 4. The molecule has 7 nitrogen and oxygen atoms in total. The number of aromatic nitrogens is 3. The number of para-hydroxylation sites is 1. The Labute approximate surface area is 167 Å². The normalized spacial score (nSPS) is 20.7. The summed E-state index contributed by atoms with van der Waals surface area (Å²) in [5, 5.41) is 15.6. The lowest BCUT2D eigenvalue weighted by molar-refractivity contribution is 0.357. The first kappa shape index (κ1) is 18.8. The molecule has 0 bridgehead atoms. The zero-order chi connectivity index (χ0) is 19.3. The van der Waals surface area contributed by atoms with Gasteiger partial charge >= 0.3 is 0 Å². The second-order valence-electron chi connectivity index (χ2n) is 7.87. The highest BCUT2D eigenvalue weighted by Crippen LogP contribution is 2.20. The van der Waals surface area contributed by atoms with Crippen LogP contribution in [0.5, 0.6) is 0 Å². The minimum atomic E-state index is 0.476. The lowest BCUT2D eigenvalue weighted by Gasteiger charge is -2.34. The summed E-state index contributed by atoms with van der Waals surface area (Å²) in [5.41, 5.74) is 1.32. The van der Waals surface area contributed by atoms with Crippen LogP contribution in [-0.2, 0) is 13.0 Å². The van der Waals surface area contributed by atoms with Crippen LogP contribution in [0.25, 0.3) is 0 Å². The second kappa shape index (κ2) is 8.63. The SMILES string of the molecule is CN=C(NCC1CCc2nnc(C)n2C1)NC1CCN(c2ccccc2)CC1. The average Bonchev–Trinajstić information content (AvgIpc) is 3.12. The Bertz CT molecular complexity index is 790. The number of fused-ring (bicyclic) bond motifs is 1. The van der Waals surface area contributed by atoms with E-state index in [9.17, 15) is 0 Å². The van der Waals surface area contributed by atoms with E-state index in [1.54, 1.807) is 0 Å². The molecule has 28 heavy (non-hydrogen) atoms. The lowest BCUT2D eigenvalue weighted by Crippen LogP contribution is -2.49. The molecule has 3 heterocycles. The third-order valence-corrected chi connectivity index (χ3v) is 5.97. The second-order valence-corrected chi connectivity index (χ2v) is 7.87. The Morgan fingerprint density at radius 2 is 1.93 bits per heavy atom. The fourth-order valence-corrected chi connectivity index (χ4v) is 4.25. The Hall–Kier alpha value is -2.57. The van der Waals surface area contributed by atoms with Gasteiger partial charge in [-0.3, -0.25) is 4.99 Å². The first-order valence-corrected chi connectivity index (χ1v) is 10.4. The predicted molar refractivity (Wildman–Crippen MR) is 113 cm³/mol. The molecule has 1 unspecified atom stereocenters. The van der Waals surface area contributed by atoms with Gasteiger partial charge in [-0.15, -0.1) is 10.2 Å². The Kier molecular flexibility index (Phi) is 5.78. The van der Waals surface area contributed by atoms with Crippen LogP contribution in [0.1, 0.15) is 30.9 Å². The number of anilines is 1. The Balaban J connectivity index is 1.23. The first-order valence-electron chi connectivity index (χ1n) is 10.4. The van der Waals surface area contributed by atoms with Crippen molar-refractivity contribution in [2.75, 3.05) is 31.6 Å². The molecule has 0 spiro atoms. The maximum atomic E-state index is 4.44. The van der Waals surface area contributed by atoms with Gasteiger partial charge in [0.25, 0.3) is 0 Å². The molecule has 1 aromatic carbocycles. The third-order valence-electron chi connectivity index (χ3n) is 5.97. The molecule has 1 atom stereocenters. The van der Waals surface area contributed by atoms with Crippen molar-refractivity contribution in [1.29, 1.82) is 0 Å². The molecule has 1 saturated heterocycles. The minimum Gasteiger partial charge on any atom is -0.371 e. The number of nitrogens with zero attached hydrogens (tertiary/aromatic N) is 5. The fraction of sp³-hybridized carbons (Fsp3) is 0.571. The van der Waals surface area contributed by atoms with Gasteiger partial charge in [-0.1, -0.05) is 18.2 Å². The van der Waals surface area contributed by atoms with Crippen LogP contribution in [0.15, 0.2) is 35.3 Å². The first-order chi connectivity index (χ1) is 13.7. The molecule has 2 aliphatic heterocycles. The van der Waals surface area contributed by atoms with Crippen molar-refractivity contribution in [1.82, 2.24) is 25.4 Å². The average molecular weight is 382 g/mol. The predicted octanol–water partition coefficient (Wildman–Crippen LogP) is 1.98. The van der Waals surface area contributed by atoms with Gasteiger partial charge in [0.15, 0.2) is 5.96 Å². The van der Waals surface area contributed by atoms with Crippen LogP contribution < -0.4 is 15.5 Å². The number of nitrogens with one attached hydrogen (secondary N) is 2. The maximum Gasteiger partial charge on any atom is 0.191 e. The summed E-state index contributed by atoms with van der Waals surface area (Å²) < 4.78 is 2.26. The zero-order valence-electron chi connectivity index (χ0n) is 16.9. The van der Waals surface area contributed by atoms with Gasteiger partial charge in [0.05, 0.1) is 0 Å². The summed E-state index contributed by atoms with van der Waals surface area (Å²) in [5.74, 6) is 3.65. The summed E-state index contributed by atoms with van der Waals surface area (Å²) >= 11 is 0. The van der Waals surface area contributed by atoms with E-state index >= 15 is 0 Å². The largest absolute Gasteiger partial charge is 0.371 e. The van der Waals surface area contributed by atoms with Crippen molar-refractivity contribution in [2.24, 2.45) is 10.9 Å². The highest BCUT2D eigenvalue weighted by atomic mass is 15.3. The van der Waals surface area contributed by atoms with Gasteiger partial charge in [0.2, 0.25) is 0 Å². The number of piperidine rings is 1.